The Kier molecular flexibility index (Phi) is 17.5. The van der Waals surface area contributed by atoms with E-state index in [4.69, 9.17) is 37.3 Å². The minimum absolute atomic E-state index is 0. The van der Waals surface area contributed by atoms with E-state index in [1.54, 1.807) is 39.8 Å². The predicted octanol–water partition coefficient (Wildman–Crippen LogP) is -4.46. The first-order valence-electron chi connectivity index (χ1n) is 7.30. The Morgan fingerprint density at radius 3 is 1.06 bits per heavy atom. The summed E-state index contributed by atoms with van der Waals surface area (Å²) in [6.45, 7) is 6.59. The molecule has 17 heteroatoms. The van der Waals surface area contributed by atoms with Crippen molar-refractivity contribution in [3.8, 4) is 0 Å². The van der Waals surface area contributed by atoms with Gasteiger partial charge in [-0.05, 0) is 39.8 Å². The predicted molar refractivity (Wildman–Crippen MR) is 89.4 cm³/mol. The molecule has 1 aromatic rings. The molecule has 0 aliphatic carbocycles. The third-order valence-electron chi connectivity index (χ3n) is 2.78. The molecule has 2 N–H and O–H groups in total. The summed E-state index contributed by atoms with van der Waals surface area (Å²) in [6, 6.07) is 7.19. The van der Waals surface area contributed by atoms with Crippen LogP contribution in [0.25, 0.3) is 0 Å². The van der Waals surface area contributed by atoms with E-state index >= 15 is 0 Å². The van der Waals surface area contributed by atoms with Gasteiger partial charge in [-0.25, -0.2) is 9.98 Å². The maximum atomic E-state index is 10.5. The van der Waals surface area contributed by atoms with Crippen LogP contribution in [-0.2, 0) is 17.1 Å². The Bertz CT molecular complexity index is 715. The van der Waals surface area contributed by atoms with E-state index in [1.807, 2.05) is 12.1 Å². The maximum Gasteiger partial charge on any atom is 2.00 e. The molecule has 0 heterocycles. The molecule has 0 spiro atoms. The van der Waals surface area contributed by atoms with E-state index in [0.29, 0.717) is 34.2 Å². The van der Waals surface area contributed by atoms with Crippen LogP contribution in [0.15, 0.2) is 44.6 Å². The van der Waals surface area contributed by atoms with Crippen molar-refractivity contribution in [3.63, 3.8) is 0 Å². The Morgan fingerprint density at radius 1 is 0.645 bits per heavy atom. The van der Waals surface area contributed by atoms with Gasteiger partial charge in [0.15, 0.2) is 0 Å². The second kappa shape index (κ2) is 16.0. The molecule has 0 bridgehead atoms. The number of rotatable bonds is 4. The van der Waals surface area contributed by atoms with Gasteiger partial charge in [0.2, 0.25) is 0 Å². The molecule has 0 unspecified atom stereocenters. The molecule has 14 nitrogen and oxygen atoms in total. The molecular formula is C14H18Cl2CuN4O10. The first-order chi connectivity index (χ1) is 13.5. The van der Waals surface area contributed by atoms with Crippen molar-refractivity contribution in [2.75, 3.05) is 0 Å². The van der Waals surface area contributed by atoms with Gasteiger partial charge in [-0.1, -0.05) is 12.1 Å². The van der Waals surface area contributed by atoms with Crippen molar-refractivity contribution < 1.29 is 74.8 Å². The Morgan fingerprint density at radius 2 is 0.871 bits per heavy atom. The minimum Gasteiger partial charge on any atom is -0.792 e. The molecule has 1 radical (unpaired) electrons. The van der Waals surface area contributed by atoms with Crippen molar-refractivity contribution in [2.45, 2.75) is 27.7 Å². The monoisotopic (exact) mass is 535 g/mol. The molecule has 0 saturated carbocycles. The van der Waals surface area contributed by atoms with Crippen molar-refractivity contribution in [3.05, 3.63) is 34.7 Å². The van der Waals surface area contributed by atoms with E-state index in [1.165, 1.54) is 0 Å². The summed E-state index contributed by atoms with van der Waals surface area (Å²) in [5.41, 5.74) is 2.89. The second-order valence-electron chi connectivity index (χ2n) is 5.03. The van der Waals surface area contributed by atoms with Gasteiger partial charge in [-0.15, -0.1) is 0 Å². The van der Waals surface area contributed by atoms with Gasteiger partial charge in [0.1, 0.15) is 0 Å². The number of nitrogens with zero attached hydrogens (tertiary/aromatic N) is 4. The maximum absolute atomic E-state index is 10.5. The topological polar surface area (TPSA) is 274 Å². The number of aliphatic imine (C=N–C) groups is 2. The van der Waals surface area contributed by atoms with E-state index in [9.17, 15) is 10.4 Å². The molecule has 179 valence electrons. The smallest absolute Gasteiger partial charge is 0.792 e. The van der Waals surface area contributed by atoms with Crippen LogP contribution in [0.3, 0.4) is 0 Å². The Balaban J connectivity index is -0.000000595. The van der Waals surface area contributed by atoms with Crippen LogP contribution in [-0.4, -0.2) is 32.2 Å². The summed E-state index contributed by atoms with van der Waals surface area (Å²) in [6.07, 6.45) is 0. The Labute approximate surface area is 191 Å². The van der Waals surface area contributed by atoms with Crippen LogP contribution in [0, 0.1) is 30.9 Å². The third kappa shape index (κ3) is 22.8. The van der Waals surface area contributed by atoms with Crippen LogP contribution >= 0.6 is 0 Å². The summed E-state index contributed by atoms with van der Waals surface area (Å²) in [7, 11) is -9.39. The van der Waals surface area contributed by atoms with E-state index < -0.39 is 20.5 Å². The fourth-order valence-electron chi connectivity index (χ4n) is 1.31. The van der Waals surface area contributed by atoms with Crippen LogP contribution in [0.2, 0.25) is 0 Å². The fourth-order valence-corrected chi connectivity index (χ4v) is 1.31. The van der Waals surface area contributed by atoms with Gasteiger partial charge in [0, 0.05) is 11.4 Å². The van der Waals surface area contributed by atoms with E-state index in [0.717, 1.165) is 0 Å². The first-order valence-corrected chi connectivity index (χ1v) is 9.83. The summed E-state index contributed by atoms with van der Waals surface area (Å²) in [5, 5.41) is 26.7. The number of para-hydroxylation sites is 2. The standard InChI is InChI=1S/C14H18N4O2.2ClHO4.Cu/c1-9(11(3)17-19)15-13-7-5-6-8-14(13)16-10(2)12(4)18-20;2*2-1(3,4)5;/h5-8,19-20H,1-4H3;2*(H,2,3,4,5);/q;;;+2/p-2/b15-9?,16-10?,17-11+,18-12+;;;. The van der Waals surface area contributed by atoms with E-state index in [2.05, 4.69) is 20.3 Å². The molecule has 31 heavy (non-hydrogen) atoms. The number of benzene rings is 1. The number of hydrogen-bond acceptors (Lipinski definition) is 14. The molecule has 0 aromatic heterocycles. The van der Waals surface area contributed by atoms with Crippen LogP contribution < -0.4 is 28.0 Å². The molecule has 0 aliphatic rings. The van der Waals surface area contributed by atoms with Crippen molar-refractivity contribution in [2.24, 2.45) is 20.3 Å². The van der Waals surface area contributed by atoms with Crippen LogP contribution in [0.5, 0.6) is 0 Å². The average Bonchev–Trinajstić information content (AvgIpc) is 2.58. The zero-order valence-corrected chi connectivity index (χ0v) is 18.8. The van der Waals surface area contributed by atoms with Gasteiger partial charge in [0.05, 0.1) is 52.6 Å². The quantitative estimate of drug-likeness (QED) is 0.211. The Hall–Kier alpha value is -1.72. The van der Waals surface area contributed by atoms with Gasteiger partial charge < -0.3 is 20.7 Å². The molecule has 0 fully saturated rings. The van der Waals surface area contributed by atoms with E-state index in [-0.39, 0.29) is 17.1 Å². The van der Waals surface area contributed by atoms with Gasteiger partial charge in [0.25, 0.3) is 0 Å². The molecule has 0 saturated heterocycles. The average molecular weight is 537 g/mol. The largest absolute Gasteiger partial charge is 2.00 e. The van der Waals surface area contributed by atoms with Crippen molar-refractivity contribution in [1.29, 1.82) is 0 Å². The number of hydrogen-bond donors (Lipinski definition) is 2. The molecular weight excluding hydrogens is 519 g/mol. The first kappa shape index (κ1) is 33.9. The molecule has 0 amide bonds. The summed E-state index contributed by atoms with van der Waals surface area (Å²) >= 11 is 0. The van der Waals surface area contributed by atoms with Crippen molar-refractivity contribution in [1.82, 2.24) is 0 Å². The van der Waals surface area contributed by atoms with Crippen molar-refractivity contribution >= 4 is 34.2 Å². The zero-order valence-electron chi connectivity index (χ0n) is 16.3. The summed E-state index contributed by atoms with van der Waals surface area (Å²) < 4.78 is 65.4. The third-order valence-corrected chi connectivity index (χ3v) is 2.78. The van der Waals surface area contributed by atoms with Crippen LogP contribution in [0.1, 0.15) is 27.7 Å². The summed E-state index contributed by atoms with van der Waals surface area (Å²) in [4.78, 5) is 8.66. The molecule has 1 aromatic carbocycles. The van der Waals surface area contributed by atoms with Gasteiger partial charge in [-0.2, -0.15) is 28.0 Å². The molecule has 1 rings (SSSR count). The minimum atomic E-state index is -4.69. The fraction of sp³-hybridized carbons (Fsp3) is 0.286. The zero-order chi connectivity index (χ0) is 24.1. The van der Waals surface area contributed by atoms with Gasteiger partial charge >= 0.3 is 17.1 Å². The molecule has 0 aliphatic heterocycles. The number of halogens is 2. The second-order valence-corrected chi connectivity index (χ2v) is 6.61. The summed E-state index contributed by atoms with van der Waals surface area (Å²) in [5.74, 6) is 0. The molecule has 0 atom stereocenters. The van der Waals surface area contributed by atoms with Crippen LogP contribution in [0.4, 0.5) is 11.4 Å². The SMILES string of the molecule is CC(=Nc1ccccc1N=C(C)/C(C)=N/[O-])/C(C)=N/[O-].[Cu+2].[O-][Cl+3]([O-])([O-])O.[O-][Cl+3]([O-])([O-])O. The normalized spacial score (nSPS) is 13.3. The van der Waals surface area contributed by atoms with Gasteiger partial charge in [-0.3, -0.25) is 0 Å².